The van der Waals surface area contributed by atoms with E-state index in [2.05, 4.69) is 15.6 Å². The molecular weight excluding hydrogens is 336 g/mol. The third-order valence-corrected chi connectivity index (χ3v) is 4.40. The van der Waals surface area contributed by atoms with Crippen LogP contribution in [0.25, 0.3) is 0 Å². The van der Waals surface area contributed by atoms with Gasteiger partial charge in [-0.1, -0.05) is 18.2 Å². The number of rotatable bonds is 4. The van der Waals surface area contributed by atoms with Crippen LogP contribution in [0, 0.1) is 0 Å². The Bertz CT molecular complexity index is 905. The van der Waals surface area contributed by atoms with Crippen LogP contribution in [0.3, 0.4) is 0 Å². The number of fused-ring (bicyclic) bond motifs is 1. The maximum atomic E-state index is 12.5. The molecule has 1 aliphatic rings. The summed E-state index contributed by atoms with van der Waals surface area (Å²) in [5.41, 5.74) is 0.0129. The van der Waals surface area contributed by atoms with Crippen LogP contribution in [0.5, 0.6) is 5.75 Å². The molecule has 0 fully saturated rings. The topological polar surface area (TPSA) is 105 Å². The number of benzene rings is 1. The van der Waals surface area contributed by atoms with Crippen LogP contribution in [0.15, 0.2) is 29.1 Å². The number of nitrogens with zero attached hydrogens (tertiary/aromatic N) is 2. The zero-order valence-corrected chi connectivity index (χ0v) is 15.0. The van der Waals surface area contributed by atoms with E-state index in [1.165, 1.54) is 4.57 Å². The summed E-state index contributed by atoms with van der Waals surface area (Å²) < 4.78 is 6.99. The summed E-state index contributed by atoms with van der Waals surface area (Å²) in [5.74, 6) is -0.937. The van der Waals surface area contributed by atoms with E-state index in [1.807, 2.05) is 24.3 Å². The van der Waals surface area contributed by atoms with Gasteiger partial charge in [0.1, 0.15) is 11.4 Å². The molecule has 2 heterocycles. The van der Waals surface area contributed by atoms with Crippen molar-refractivity contribution in [3.05, 3.63) is 51.7 Å². The van der Waals surface area contributed by atoms with Crippen LogP contribution < -0.4 is 16.2 Å². The Balaban J connectivity index is 1.90. The first kappa shape index (κ1) is 17.9. The highest BCUT2D eigenvalue weighted by molar-refractivity contribution is 5.94. The number of para-hydroxylation sites is 1. The molecule has 0 spiro atoms. The fourth-order valence-corrected chi connectivity index (χ4v) is 3.00. The lowest BCUT2D eigenvalue weighted by atomic mass is 10.1. The Labute approximate surface area is 150 Å². The number of anilines is 1. The first-order chi connectivity index (χ1) is 12.3. The van der Waals surface area contributed by atoms with E-state index in [0.717, 1.165) is 11.3 Å². The van der Waals surface area contributed by atoms with E-state index in [-0.39, 0.29) is 18.8 Å². The van der Waals surface area contributed by atoms with Gasteiger partial charge in [-0.15, -0.1) is 0 Å². The van der Waals surface area contributed by atoms with Gasteiger partial charge in [-0.3, -0.25) is 14.2 Å². The van der Waals surface area contributed by atoms with Crippen molar-refractivity contribution in [3.8, 4) is 5.75 Å². The van der Waals surface area contributed by atoms with Crippen LogP contribution >= 0.6 is 0 Å². The molecule has 1 aliphatic heterocycles. The van der Waals surface area contributed by atoms with Crippen LogP contribution in [-0.4, -0.2) is 34.2 Å². The normalized spacial score (nSPS) is 15.2. The van der Waals surface area contributed by atoms with E-state index < -0.39 is 22.8 Å². The minimum Gasteiger partial charge on any atom is -0.501 e. The summed E-state index contributed by atoms with van der Waals surface area (Å²) in [4.78, 5) is 29.2. The lowest BCUT2D eigenvalue weighted by Gasteiger charge is -2.32. The van der Waals surface area contributed by atoms with Gasteiger partial charge in [-0.05, 0) is 25.5 Å². The Hall–Kier alpha value is -2.87. The molecule has 26 heavy (non-hydrogen) atoms. The smallest absolute Gasteiger partial charge is 0.296 e. The second kappa shape index (κ2) is 6.80. The summed E-state index contributed by atoms with van der Waals surface area (Å²) in [6.45, 7) is 4.40. The molecule has 0 saturated heterocycles. The molecule has 138 valence electrons. The predicted octanol–water partition coefficient (Wildman–Crippen LogP) is 1.19. The Kier molecular flexibility index (Phi) is 4.69. The van der Waals surface area contributed by atoms with Crippen molar-refractivity contribution < 1.29 is 14.6 Å². The minimum atomic E-state index is -0.821. The van der Waals surface area contributed by atoms with Gasteiger partial charge >= 0.3 is 0 Å². The zero-order chi connectivity index (χ0) is 18.9. The van der Waals surface area contributed by atoms with Crippen molar-refractivity contribution in [3.63, 3.8) is 0 Å². The molecule has 0 saturated carbocycles. The monoisotopic (exact) mass is 358 g/mol. The largest absolute Gasteiger partial charge is 0.501 e. The van der Waals surface area contributed by atoms with Gasteiger partial charge in [0.15, 0.2) is 5.69 Å². The number of amides is 1. The molecule has 0 bridgehead atoms. The molecule has 3 rings (SSSR count). The van der Waals surface area contributed by atoms with E-state index >= 15 is 0 Å². The van der Waals surface area contributed by atoms with Gasteiger partial charge in [0, 0.05) is 19.3 Å². The highest BCUT2D eigenvalue weighted by Crippen LogP contribution is 2.27. The first-order valence-corrected chi connectivity index (χ1v) is 8.37. The number of carbonyl (C=O) groups is 1. The summed E-state index contributed by atoms with van der Waals surface area (Å²) in [6.07, 6.45) is 0. The maximum Gasteiger partial charge on any atom is 0.296 e. The van der Waals surface area contributed by atoms with E-state index in [1.54, 1.807) is 20.9 Å². The highest BCUT2D eigenvalue weighted by atomic mass is 16.5. The van der Waals surface area contributed by atoms with Crippen molar-refractivity contribution in [2.24, 2.45) is 0 Å². The first-order valence-electron chi connectivity index (χ1n) is 8.37. The lowest BCUT2D eigenvalue weighted by molar-refractivity contribution is -0.0566. The molecule has 0 radical (unpaired) electrons. The van der Waals surface area contributed by atoms with Crippen molar-refractivity contribution in [2.75, 3.05) is 19.0 Å². The molecule has 2 aromatic rings. The predicted molar refractivity (Wildman–Crippen MR) is 96.3 cm³/mol. The van der Waals surface area contributed by atoms with Gasteiger partial charge in [0.2, 0.25) is 5.75 Å². The molecule has 8 nitrogen and oxygen atoms in total. The van der Waals surface area contributed by atoms with Crippen molar-refractivity contribution in [1.82, 2.24) is 14.9 Å². The van der Waals surface area contributed by atoms with Crippen LogP contribution in [0.2, 0.25) is 0 Å². The molecule has 8 heteroatoms. The molecule has 1 aromatic heterocycles. The van der Waals surface area contributed by atoms with Gasteiger partial charge < -0.3 is 20.5 Å². The fourth-order valence-electron chi connectivity index (χ4n) is 3.00. The average Bonchev–Trinajstić information content (AvgIpc) is 2.62. The highest BCUT2D eigenvalue weighted by Gasteiger charge is 2.34. The SMILES string of the molecule is CNc1ccccc1CNC(=O)c1nc2n(c(=O)c1O)CCOC2(C)C. The molecule has 1 amide bonds. The summed E-state index contributed by atoms with van der Waals surface area (Å²) in [5, 5.41) is 15.9. The van der Waals surface area contributed by atoms with E-state index in [0.29, 0.717) is 12.4 Å². The van der Waals surface area contributed by atoms with Crippen molar-refractivity contribution in [2.45, 2.75) is 32.5 Å². The number of ether oxygens (including phenoxy) is 1. The Morgan fingerprint density at radius 3 is 2.85 bits per heavy atom. The molecule has 0 atom stereocenters. The number of aromatic nitrogens is 2. The average molecular weight is 358 g/mol. The summed E-state index contributed by atoms with van der Waals surface area (Å²) in [6, 6.07) is 7.51. The molecule has 0 unspecified atom stereocenters. The Morgan fingerprint density at radius 1 is 1.38 bits per heavy atom. The van der Waals surface area contributed by atoms with Gasteiger partial charge in [-0.25, -0.2) is 4.98 Å². The summed E-state index contributed by atoms with van der Waals surface area (Å²) >= 11 is 0. The van der Waals surface area contributed by atoms with Gasteiger partial charge in [-0.2, -0.15) is 0 Å². The van der Waals surface area contributed by atoms with Crippen LogP contribution in [-0.2, 0) is 23.4 Å². The minimum absolute atomic E-state index is 0.231. The van der Waals surface area contributed by atoms with Crippen LogP contribution in [0.1, 0.15) is 35.7 Å². The number of hydrogen-bond acceptors (Lipinski definition) is 6. The number of aromatic hydroxyl groups is 1. The number of hydrogen-bond donors (Lipinski definition) is 3. The Morgan fingerprint density at radius 2 is 2.12 bits per heavy atom. The second-order valence-electron chi connectivity index (χ2n) is 6.54. The molecule has 3 N–H and O–H groups in total. The third kappa shape index (κ3) is 3.15. The number of nitrogens with one attached hydrogen (secondary N) is 2. The van der Waals surface area contributed by atoms with E-state index in [4.69, 9.17) is 4.74 Å². The third-order valence-electron chi connectivity index (χ3n) is 4.40. The van der Waals surface area contributed by atoms with Crippen LogP contribution in [0.4, 0.5) is 5.69 Å². The van der Waals surface area contributed by atoms with E-state index in [9.17, 15) is 14.7 Å². The maximum absolute atomic E-state index is 12.5. The van der Waals surface area contributed by atoms with Crippen molar-refractivity contribution >= 4 is 11.6 Å². The lowest BCUT2D eigenvalue weighted by Crippen LogP contribution is -2.42. The second-order valence-corrected chi connectivity index (χ2v) is 6.54. The number of carbonyl (C=O) groups excluding carboxylic acids is 1. The molecule has 1 aromatic carbocycles. The molecule has 0 aliphatic carbocycles. The quantitative estimate of drug-likeness (QED) is 0.758. The molecular formula is C18H22N4O4. The van der Waals surface area contributed by atoms with Crippen molar-refractivity contribution in [1.29, 1.82) is 0 Å². The standard InChI is InChI=1S/C18H22N4O4/c1-18(2)17-21-13(14(23)16(25)22(17)8-9-26-18)15(24)20-10-11-6-4-5-7-12(11)19-3/h4-7,19,23H,8-10H2,1-3H3,(H,20,24). The summed E-state index contributed by atoms with van der Waals surface area (Å²) in [7, 11) is 1.79. The zero-order valence-electron chi connectivity index (χ0n) is 15.0. The van der Waals surface area contributed by atoms with Gasteiger partial charge in [0.25, 0.3) is 11.5 Å². The van der Waals surface area contributed by atoms with Gasteiger partial charge in [0.05, 0.1) is 13.2 Å². The fraction of sp³-hybridized carbons (Fsp3) is 0.389.